The van der Waals surface area contributed by atoms with E-state index in [4.69, 9.17) is 9.47 Å². The van der Waals surface area contributed by atoms with Crippen molar-refractivity contribution in [1.82, 2.24) is 0 Å². The van der Waals surface area contributed by atoms with Gasteiger partial charge in [0.15, 0.2) is 5.79 Å². The molecule has 0 amide bonds. The largest absolute Gasteiger partial charge is 0.349 e. The number of ether oxygens (including phenoxy) is 2. The Labute approximate surface area is 106 Å². The minimum atomic E-state index is -0.276. The highest BCUT2D eigenvalue weighted by molar-refractivity contribution is 4.92. The van der Waals surface area contributed by atoms with Gasteiger partial charge in [-0.15, -0.1) is 0 Å². The molecule has 2 atom stereocenters. The van der Waals surface area contributed by atoms with E-state index in [9.17, 15) is 0 Å². The maximum Gasteiger partial charge on any atom is 0.171 e. The highest BCUT2D eigenvalue weighted by atomic mass is 16.7. The van der Waals surface area contributed by atoms with Gasteiger partial charge in [-0.25, -0.2) is 0 Å². The van der Waals surface area contributed by atoms with Crippen molar-refractivity contribution in [2.45, 2.75) is 59.7 Å². The minimum absolute atomic E-state index is 0.174. The van der Waals surface area contributed by atoms with Crippen LogP contribution in [0.25, 0.3) is 0 Å². The molecular formula is C15H28O2. The molecular weight excluding hydrogens is 212 g/mol. The summed E-state index contributed by atoms with van der Waals surface area (Å²) in [6.45, 7) is 13.0. The van der Waals surface area contributed by atoms with Crippen molar-refractivity contribution in [3.05, 3.63) is 0 Å². The fraction of sp³-hybridized carbons (Fsp3) is 1.00. The standard InChI is InChI=1S/C15H28O2/c1-11(2)13-7-6-12(3)8-15(13)16-9-14(4,5)10-17-15/h11-13H,6-10H2,1-5H3/t12-,13+/m0/s1. The first-order valence-corrected chi connectivity index (χ1v) is 7.13. The van der Waals surface area contributed by atoms with E-state index in [1.807, 2.05) is 0 Å². The summed E-state index contributed by atoms with van der Waals surface area (Å²) in [6.07, 6.45) is 3.64. The summed E-state index contributed by atoms with van der Waals surface area (Å²) in [5, 5.41) is 0. The lowest BCUT2D eigenvalue weighted by Gasteiger charge is -2.52. The van der Waals surface area contributed by atoms with E-state index in [1.165, 1.54) is 12.8 Å². The second-order valence-corrected chi connectivity index (χ2v) is 7.29. The van der Waals surface area contributed by atoms with Crippen LogP contribution in [0.2, 0.25) is 0 Å². The van der Waals surface area contributed by atoms with Gasteiger partial charge in [-0.3, -0.25) is 0 Å². The molecule has 0 unspecified atom stereocenters. The molecule has 0 bridgehead atoms. The van der Waals surface area contributed by atoms with Crippen molar-refractivity contribution in [1.29, 1.82) is 0 Å². The molecule has 0 aromatic heterocycles. The van der Waals surface area contributed by atoms with Crippen LogP contribution < -0.4 is 0 Å². The van der Waals surface area contributed by atoms with Crippen LogP contribution in [0.3, 0.4) is 0 Å². The zero-order valence-electron chi connectivity index (χ0n) is 12.1. The van der Waals surface area contributed by atoms with Crippen molar-refractivity contribution < 1.29 is 9.47 Å². The molecule has 1 aliphatic heterocycles. The molecule has 0 aromatic carbocycles. The van der Waals surface area contributed by atoms with E-state index in [0.29, 0.717) is 11.8 Å². The molecule has 0 N–H and O–H groups in total. The van der Waals surface area contributed by atoms with Crippen molar-refractivity contribution in [3.63, 3.8) is 0 Å². The smallest absolute Gasteiger partial charge is 0.171 e. The van der Waals surface area contributed by atoms with E-state index in [1.54, 1.807) is 0 Å². The van der Waals surface area contributed by atoms with Gasteiger partial charge in [0, 0.05) is 17.8 Å². The summed E-state index contributed by atoms with van der Waals surface area (Å²) in [6, 6.07) is 0. The summed E-state index contributed by atoms with van der Waals surface area (Å²) in [5.74, 6) is 1.66. The van der Waals surface area contributed by atoms with Gasteiger partial charge < -0.3 is 9.47 Å². The summed E-state index contributed by atoms with van der Waals surface area (Å²) in [4.78, 5) is 0. The predicted molar refractivity (Wildman–Crippen MR) is 69.8 cm³/mol. The Balaban J connectivity index is 2.14. The van der Waals surface area contributed by atoms with Gasteiger partial charge in [0.2, 0.25) is 0 Å². The predicted octanol–water partition coefficient (Wildman–Crippen LogP) is 3.85. The number of rotatable bonds is 1. The van der Waals surface area contributed by atoms with Crippen LogP contribution in [0.4, 0.5) is 0 Å². The average Bonchev–Trinajstić information content (AvgIpc) is 2.23. The fourth-order valence-corrected chi connectivity index (χ4v) is 3.31. The molecule has 2 heteroatoms. The van der Waals surface area contributed by atoms with E-state index in [-0.39, 0.29) is 11.2 Å². The van der Waals surface area contributed by atoms with Gasteiger partial charge >= 0.3 is 0 Å². The van der Waals surface area contributed by atoms with Crippen molar-refractivity contribution in [3.8, 4) is 0 Å². The molecule has 2 rings (SSSR count). The summed E-state index contributed by atoms with van der Waals surface area (Å²) in [7, 11) is 0. The second-order valence-electron chi connectivity index (χ2n) is 7.29. The first kappa shape index (κ1) is 13.4. The molecule has 0 radical (unpaired) electrons. The van der Waals surface area contributed by atoms with Crippen LogP contribution in [-0.2, 0) is 9.47 Å². The molecule has 1 heterocycles. The van der Waals surface area contributed by atoms with Crippen LogP contribution in [-0.4, -0.2) is 19.0 Å². The monoisotopic (exact) mass is 240 g/mol. The maximum atomic E-state index is 6.24. The lowest BCUT2D eigenvalue weighted by molar-refractivity contribution is -0.342. The number of hydrogen-bond acceptors (Lipinski definition) is 2. The van der Waals surface area contributed by atoms with Crippen LogP contribution in [0.5, 0.6) is 0 Å². The fourth-order valence-electron chi connectivity index (χ4n) is 3.31. The highest BCUT2D eigenvalue weighted by Crippen LogP contribution is 2.47. The van der Waals surface area contributed by atoms with Crippen LogP contribution >= 0.6 is 0 Å². The third-order valence-corrected chi connectivity index (χ3v) is 4.39. The molecule has 2 nitrogen and oxygen atoms in total. The van der Waals surface area contributed by atoms with Gasteiger partial charge in [0.1, 0.15) is 0 Å². The molecule has 1 saturated heterocycles. The second kappa shape index (κ2) is 4.55. The SMILES string of the molecule is CC(C)[C@H]1CC[C@H](C)CC12OCC(C)(C)CO2. The Morgan fingerprint density at radius 2 is 1.65 bits per heavy atom. The molecule has 2 aliphatic rings. The summed E-state index contributed by atoms with van der Waals surface area (Å²) >= 11 is 0. The molecule has 100 valence electrons. The molecule has 1 saturated carbocycles. The van der Waals surface area contributed by atoms with E-state index >= 15 is 0 Å². The Hall–Kier alpha value is -0.0800. The first-order valence-electron chi connectivity index (χ1n) is 7.13. The molecule has 1 spiro atoms. The van der Waals surface area contributed by atoms with Crippen molar-refractivity contribution >= 4 is 0 Å². The Morgan fingerprint density at radius 1 is 1.06 bits per heavy atom. The summed E-state index contributed by atoms with van der Waals surface area (Å²) < 4.78 is 12.5. The van der Waals surface area contributed by atoms with Gasteiger partial charge in [0.25, 0.3) is 0 Å². The van der Waals surface area contributed by atoms with Crippen LogP contribution in [0, 0.1) is 23.2 Å². The third-order valence-electron chi connectivity index (χ3n) is 4.39. The molecule has 0 aromatic rings. The van der Waals surface area contributed by atoms with Gasteiger partial charge in [0.05, 0.1) is 13.2 Å². The highest BCUT2D eigenvalue weighted by Gasteiger charge is 2.50. The first-order chi connectivity index (χ1) is 7.85. The van der Waals surface area contributed by atoms with Crippen molar-refractivity contribution in [2.75, 3.05) is 13.2 Å². The van der Waals surface area contributed by atoms with Gasteiger partial charge in [-0.2, -0.15) is 0 Å². The van der Waals surface area contributed by atoms with Crippen molar-refractivity contribution in [2.24, 2.45) is 23.2 Å². The summed E-state index contributed by atoms with van der Waals surface area (Å²) in [5.41, 5.74) is 0.174. The normalized spacial score (nSPS) is 36.4. The quantitative estimate of drug-likeness (QED) is 0.693. The van der Waals surface area contributed by atoms with Gasteiger partial charge in [-0.1, -0.05) is 41.0 Å². The minimum Gasteiger partial charge on any atom is -0.349 e. The lowest BCUT2D eigenvalue weighted by atomic mass is 9.72. The van der Waals surface area contributed by atoms with E-state index < -0.39 is 0 Å². The third kappa shape index (κ3) is 2.68. The van der Waals surface area contributed by atoms with Crippen LogP contribution in [0.1, 0.15) is 53.9 Å². The molecule has 1 aliphatic carbocycles. The Bertz CT molecular complexity index is 260. The van der Waals surface area contributed by atoms with Crippen LogP contribution in [0.15, 0.2) is 0 Å². The Morgan fingerprint density at radius 3 is 2.18 bits per heavy atom. The van der Waals surface area contributed by atoms with E-state index in [0.717, 1.165) is 25.6 Å². The lowest BCUT2D eigenvalue weighted by Crippen LogP contribution is -2.55. The zero-order chi connectivity index (χ0) is 12.7. The van der Waals surface area contributed by atoms with E-state index in [2.05, 4.69) is 34.6 Å². The van der Waals surface area contributed by atoms with Gasteiger partial charge in [-0.05, 0) is 18.3 Å². The molecule has 2 fully saturated rings. The maximum absolute atomic E-state index is 6.24. The molecule has 17 heavy (non-hydrogen) atoms. The number of hydrogen-bond donors (Lipinski definition) is 0. The average molecular weight is 240 g/mol. The topological polar surface area (TPSA) is 18.5 Å². The Kier molecular flexibility index (Phi) is 3.57. The zero-order valence-corrected chi connectivity index (χ0v) is 12.1.